The molecule has 1 saturated heterocycles. The van der Waals surface area contributed by atoms with Crippen molar-refractivity contribution in [2.45, 2.75) is 13.3 Å². The zero-order valence-electron chi connectivity index (χ0n) is 23.4. The number of para-hydroxylation sites is 1. The number of nitrogens with zero attached hydrogens (tertiary/aromatic N) is 2. The largest absolute Gasteiger partial charge is 0.493 e. The Labute approximate surface area is 249 Å². The summed E-state index contributed by atoms with van der Waals surface area (Å²) in [5, 5.41) is 3.43. The van der Waals surface area contributed by atoms with Gasteiger partial charge in [-0.1, -0.05) is 72.3 Å². The summed E-state index contributed by atoms with van der Waals surface area (Å²) < 4.78 is 11.3. The third-order valence-corrected chi connectivity index (χ3v) is 7.52. The highest BCUT2D eigenvalue weighted by molar-refractivity contribution is 8.18. The number of methoxy groups -OCH3 is 1. The number of ether oxygens (including phenoxy) is 2. The second-order valence-electron chi connectivity index (χ2n) is 9.65. The van der Waals surface area contributed by atoms with Crippen LogP contribution in [0, 0.1) is 6.92 Å². The van der Waals surface area contributed by atoms with Gasteiger partial charge in [-0.05, 0) is 78.7 Å². The van der Waals surface area contributed by atoms with Gasteiger partial charge in [-0.25, -0.2) is 4.99 Å². The van der Waals surface area contributed by atoms with Crippen molar-refractivity contribution in [2.75, 3.05) is 25.6 Å². The number of nitrogens with one attached hydrogen (secondary N) is 1. The summed E-state index contributed by atoms with van der Waals surface area (Å²) in [4.78, 5) is 33.0. The quantitative estimate of drug-likeness (QED) is 0.208. The second kappa shape index (κ2) is 13.7. The fourth-order valence-electron chi connectivity index (χ4n) is 4.31. The van der Waals surface area contributed by atoms with Crippen LogP contribution in [0.15, 0.2) is 113 Å². The molecule has 0 bridgehead atoms. The van der Waals surface area contributed by atoms with Gasteiger partial charge in [0, 0.05) is 12.2 Å². The summed E-state index contributed by atoms with van der Waals surface area (Å²) in [7, 11) is 1.54. The first-order valence-corrected chi connectivity index (χ1v) is 14.4. The van der Waals surface area contributed by atoms with Crippen LogP contribution < -0.4 is 14.8 Å². The molecule has 1 aliphatic heterocycles. The Morgan fingerprint density at radius 2 is 1.64 bits per heavy atom. The predicted octanol–water partition coefficient (Wildman–Crippen LogP) is 6.87. The molecule has 0 atom stereocenters. The normalized spacial score (nSPS) is 14.8. The molecule has 8 heteroatoms. The number of thioether (sulfide) groups is 1. The van der Waals surface area contributed by atoms with Crippen molar-refractivity contribution in [1.29, 1.82) is 0 Å². The van der Waals surface area contributed by atoms with Crippen molar-refractivity contribution >= 4 is 46.2 Å². The maximum atomic E-state index is 13.6. The molecule has 0 unspecified atom stereocenters. The van der Waals surface area contributed by atoms with Gasteiger partial charge in [0.2, 0.25) is 0 Å². The zero-order chi connectivity index (χ0) is 29.3. The van der Waals surface area contributed by atoms with Crippen LogP contribution in [0.3, 0.4) is 0 Å². The highest BCUT2D eigenvalue weighted by atomic mass is 32.2. The summed E-state index contributed by atoms with van der Waals surface area (Å²) in [6.45, 7) is 2.37. The SMILES string of the molecule is COc1cc(/C=C2/SC(=Nc3ccc(C)cc3)N(CCc3ccccc3)C2=O)ccc1OCC(=O)Nc1ccccc1. The summed E-state index contributed by atoms with van der Waals surface area (Å²) >= 11 is 1.35. The standard InChI is InChI=1S/C34H31N3O4S/c1-24-13-16-28(17-14-24)36-34-37(20-19-25-9-5-3-6-10-25)33(39)31(42-34)22-26-15-18-29(30(21-26)40-2)41-23-32(38)35-27-11-7-4-8-12-27/h3-18,21-22H,19-20,23H2,1-2H3,(H,35,38)/b31-22+,36-34?. The summed E-state index contributed by atoms with van der Waals surface area (Å²) in [5.74, 6) is 0.512. The Bertz CT molecular complexity index is 1600. The number of hydrogen-bond donors (Lipinski definition) is 1. The monoisotopic (exact) mass is 577 g/mol. The van der Waals surface area contributed by atoms with Crippen LogP contribution >= 0.6 is 11.8 Å². The highest BCUT2D eigenvalue weighted by Crippen LogP contribution is 2.36. The van der Waals surface area contributed by atoms with Gasteiger partial charge < -0.3 is 14.8 Å². The molecule has 1 aliphatic rings. The Hall–Kier alpha value is -4.82. The number of anilines is 1. The molecule has 0 radical (unpaired) electrons. The van der Waals surface area contributed by atoms with Crippen molar-refractivity contribution in [1.82, 2.24) is 4.90 Å². The van der Waals surface area contributed by atoms with Crippen LogP contribution in [0.25, 0.3) is 6.08 Å². The van der Waals surface area contributed by atoms with E-state index in [4.69, 9.17) is 14.5 Å². The molecule has 4 aromatic rings. The predicted molar refractivity (Wildman–Crippen MR) is 169 cm³/mol. The van der Waals surface area contributed by atoms with Gasteiger partial charge in [-0.3, -0.25) is 14.5 Å². The smallest absolute Gasteiger partial charge is 0.266 e. The minimum absolute atomic E-state index is 0.0985. The van der Waals surface area contributed by atoms with E-state index in [1.54, 1.807) is 17.0 Å². The van der Waals surface area contributed by atoms with Gasteiger partial charge in [0.1, 0.15) is 0 Å². The first-order valence-electron chi connectivity index (χ1n) is 13.5. The fourth-order valence-corrected chi connectivity index (χ4v) is 5.33. The molecule has 42 heavy (non-hydrogen) atoms. The average Bonchev–Trinajstić information content (AvgIpc) is 3.30. The molecule has 0 spiro atoms. The molecule has 0 aliphatic carbocycles. The van der Waals surface area contributed by atoms with E-state index in [0.29, 0.717) is 40.2 Å². The van der Waals surface area contributed by atoms with Crippen LogP contribution in [-0.4, -0.2) is 42.1 Å². The van der Waals surface area contributed by atoms with Crippen LogP contribution in [-0.2, 0) is 16.0 Å². The number of carbonyl (C=O) groups excluding carboxylic acids is 2. The number of hydrogen-bond acceptors (Lipinski definition) is 6. The molecule has 1 heterocycles. The van der Waals surface area contributed by atoms with E-state index in [1.807, 2.05) is 91.9 Å². The van der Waals surface area contributed by atoms with Crippen LogP contribution in [0.1, 0.15) is 16.7 Å². The molecule has 5 rings (SSSR count). The van der Waals surface area contributed by atoms with E-state index in [9.17, 15) is 9.59 Å². The summed E-state index contributed by atoms with van der Waals surface area (Å²) in [6, 6.07) is 32.6. The van der Waals surface area contributed by atoms with Gasteiger partial charge in [0.15, 0.2) is 23.3 Å². The number of benzene rings is 4. The summed E-state index contributed by atoms with van der Waals surface area (Å²) in [6.07, 6.45) is 2.54. The van der Waals surface area contributed by atoms with Crippen molar-refractivity contribution in [3.8, 4) is 11.5 Å². The topological polar surface area (TPSA) is 80.2 Å². The minimum atomic E-state index is -0.279. The van der Waals surface area contributed by atoms with E-state index in [0.717, 1.165) is 22.4 Å². The first kappa shape index (κ1) is 28.7. The number of aryl methyl sites for hydroxylation is 1. The number of amides is 2. The van der Waals surface area contributed by atoms with Crippen molar-refractivity contribution in [3.63, 3.8) is 0 Å². The molecule has 2 amide bonds. The van der Waals surface area contributed by atoms with Crippen LogP contribution in [0.4, 0.5) is 11.4 Å². The van der Waals surface area contributed by atoms with Crippen molar-refractivity contribution < 1.29 is 19.1 Å². The lowest BCUT2D eigenvalue weighted by molar-refractivity contribution is -0.122. The van der Waals surface area contributed by atoms with E-state index >= 15 is 0 Å². The number of rotatable bonds is 10. The molecule has 0 aromatic heterocycles. The Balaban J connectivity index is 1.33. The number of carbonyl (C=O) groups is 2. The summed E-state index contributed by atoms with van der Waals surface area (Å²) in [5.41, 5.74) is 4.56. The molecule has 1 fully saturated rings. The van der Waals surface area contributed by atoms with Gasteiger partial charge in [-0.2, -0.15) is 0 Å². The van der Waals surface area contributed by atoms with Crippen molar-refractivity contribution in [2.24, 2.45) is 4.99 Å². The van der Waals surface area contributed by atoms with E-state index in [2.05, 4.69) is 17.4 Å². The molecular weight excluding hydrogens is 546 g/mol. The van der Waals surface area contributed by atoms with E-state index in [1.165, 1.54) is 18.9 Å². The second-order valence-corrected chi connectivity index (χ2v) is 10.7. The molecular formula is C34H31N3O4S. The lowest BCUT2D eigenvalue weighted by Crippen LogP contribution is -2.31. The third kappa shape index (κ3) is 7.47. The molecule has 1 N–H and O–H groups in total. The molecule has 7 nitrogen and oxygen atoms in total. The average molecular weight is 578 g/mol. The Morgan fingerprint density at radius 1 is 0.929 bits per heavy atom. The van der Waals surface area contributed by atoms with E-state index in [-0.39, 0.29) is 18.4 Å². The maximum absolute atomic E-state index is 13.6. The fraction of sp³-hybridized carbons (Fsp3) is 0.147. The molecule has 4 aromatic carbocycles. The number of aliphatic imine (C=N–C) groups is 1. The van der Waals surface area contributed by atoms with Gasteiger partial charge >= 0.3 is 0 Å². The van der Waals surface area contributed by atoms with Crippen LogP contribution in [0.2, 0.25) is 0 Å². The molecule has 0 saturated carbocycles. The van der Waals surface area contributed by atoms with Gasteiger partial charge in [-0.15, -0.1) is 0 Å². The van der Waals surface area contributed by atoms with Crippen molar-refractivity contribution in [3.05, 3.63) is 125 Å². The Morgan fingerprint density at radius 3 is 2.36 bits per heavy atom. The first-order chi connectivity index (χ1) is 20.5. The van der Waals surface area contributed by atoms with Gasteiger partial charge in [0.05, 0.1) is 17.7 Å². The zero-order valence-corrected chi connectivity index (χ0v) is 24.3. The minimum Gasteiger partial charge on any atom is -0.493 e. The third-order valence-electron chi connectivity index (χ3n) is 6.52. The van der Waals surface area contributed by atoms with Gasteiger partial charge in [0.25, 0.3) is 11.8 Å². The number of amidine groups is 1. The van der Waals surface area contributed by atoms with E-state index < -0.39 is 0 Å². The Kier molecular flexibility index (Phi) is 9.36. The maximum Gasteiger partial charge on any atom is 0.266 e. The highest BCUT2D eigenvalue weighted by Gasteiger charge is 2.33. The van der Waals surface area contributed by atoms with Crippen LogP contribution in [0.5, 0.6) is 11.5 Å². The lowest BCUT2D eigenvalue weighted by atomic mass is 10.1. The lowest BCUT2D eigenvalue weighted by Gasteiger charge is -2.15. The molecule has 212 valence electrons.